The molecule has 15 heavy (non-hydrogen) atoms. The number of nitrogens with two attached hydrogens (primary N) is 1. The van der Waals surface area contributed by atoms with E-state index in [-0.39, 0.29) is 5.41 Å². The minimum absolute atomic E-state index is 0.151. The van der Waals surface area contributed by atoms with E-state index in [9.17, 15) is 0 Å². The Labute approximate surface area is 92.9 Å². The van der Waals surface area contributed by atoms with Gasteiger partial charge < -0.3 is 5.73 Å². The van der Waals surface area contributed by atoms with Gasteiger partial charge in [-0.1, -0.05) is 32.8 Å². The zero-order chi connectivity index (χ0) is 11.1. The molecule has 2 heteroatoms. The number of nitrogens with zero attached hydrogens (tertiary/aromatic N) is 1. The topological polar surface area (TPSA) is 38.9 Å². The van der Waals surface area contributed by atoms with E-state index in [1.54, 1.807) is 0 Å². The summed E-state index contributed by atoms with van der Waals surface area (Å²) in [5.74, 6) is 0. The van der Waals surface area contributed by atoms with Crippen molar-refractivity contribution in [2.45, 2.75) is 44.9 Å². The van der Waals surface area contributed by atoms with E-state index in [0.717, 1.165) is 19.4 Å². The van der Waals surface area contributed by atoms with E-state index in [1.165, 1.54) is 18.4 Å². The maximum Gasteiger partial charge on any atom is 0.0306 e. The van der Waals surface area contributed by atoms with Gasteiger partial charge in [0.15, 0.2) is 0 Å². The lowest BCUT2D eigenvalue weighted by Crippen LogP contribution is -2.35. The fourth-order valence-corrected chi connectivity index (χ4v) is 2.37. The summed E-state index contributed by atoms with van der Waals surface area (Å²) in [5, 5.41) is 0. The lowest BCUT2D eigenvalue weighted by molar-refractivity contribution is 0.364. The summed E-state index contributed by atoms with van der Waals surface area (Å²) < 4.78 is 0. The summed E-state index contributed by atoms with van der Waals surface area (Å²) in [6.45, 7) is 5.16. The van der Waals surface area contributed by atoms with Crippen LogP contribution in [0.25, 0.3) is 0 Å². The van der Waals surface area contributed by atoms with Crippen LogP contribution in [0.4, 0.5) is 0 Å². The molecule has 1 aromatic rings. The molecule has 0 saturated carbocycles. The lowest BCUT2D eigenvalue weighted by Gasteiger charge is -2.32. The first-order chi connectivity index (χ1) is 7.29. The second kappa shape index (κ2) is 5.86. The van der Waals surface area contributed by atoms with Crippen LogP contribution >= 0.6 is 0 Å². The van der Waals surface area contributed by atoms with Gasteiger partial charge in [0.25, 0.3) is 0 Å². The second-order valence-corrected chi connectivity index (χ2v) is 4.23. The van der Waals surface area contributed by atoms with Crippen molar-refractivity contribution in [3.63, 3.8) is 0 Å². The van der Waals surface area contributed by atoms with Crippen LogP contribution in [0.15, 0.2) is 24.5 Å². The molecule has 84 valence electrons. The van der Waals surface area contributed by atoms with Crippen molar-refractivity contribution in [2.24, 2.45) is 5.73 Å². The van der Waals surface area contributed by atoms with Crippen LogP contribution in [0.5, 0.6) is 0 Å². The average Bonchev–Trinajstić information content (AvgIpc) is 2.30. The van der Waals surface area contributed by atoms with Gasteiger partial charge in [0, 0.05) is 24.4 Å². The molecule has 0 aliphatic carbocycles. The average molecular weight is 206 g/mol. The fourth-order valence-electron chi connectivity index (χ4n) is 2.37. The van der Waals surface area contributed by atoms with Crippen LogP contribution in [0, 0.1) is 0 Å². The van der Waals surface area contributed by atoms with E-state index in [2.05, 4.69) is 24.9 Å². The van der Waals surface area contributed by atoms with Gasteiger partial charge in [-0.05, 0) is 24.5 Å². The molecule has 0 unspecified atom stereocenters. The molecule has 0 atom stereocenters. The van der Waals surface area contributed by atoms with E-state index < -0.39 is 0 Å². The molecule has 0 radical (unpaired) electrons. The normalized spacial score (nSPS) is 11.7. The first-order valence-electron chi connectivity index (χ1n) is 5.89. The summed E-state index contributed by atoms with van der Waals surface area (Å²) >= 11 is 0. The van der Waals surface area contributed by atoms with Gasteiger partial charge in [-0.15, -0.1) is 0 Å². The zero-order valence-electron chi connectivity index (χ0n) is 9.87. The highest BCUT2D eigenvalue weighted by Crippen LogP contribution is 2.32. The third-order valence-electron chi connectivity index (χ3n) is 3.12. The highest BCUT2D eigenvalue weighted by Gasteiger charge is 2.28. The van der Waals surface area contributed by atoms with Crippen molar-refractivity contribution < 1.29 is 0 Å². The Hall–Kier alpha value is -0.890. The monoisotopic (exact) mass is 206 g/mol. The molecule has 0 aromatic carbocycles. The van der Waals surface area contributed by atoms with E-state index >= 15 is 0 Å². The fraction of sp³-hybridized carbons (Fsp3) is 0.615. The minimum Gasteiger partial charge on any atom is -0.330 e. The van der Waals surface area contributed by atoms with E-state index in [1.807, 2.05) is 18.5 Å². The van der Waals surface area contributed by atoms with Crippen LogP contribution < -0.4 is 5.73 Å². The largest absolute Gasteiger partial charge is 0.330 e. The van der Waals surface area contributed by atoms with Gasteiger partial charge in [0.05, 0.1) is 0 Å². The summed E-state index contributed by atoms with van der Waals surface area (Å²) in [7, 11) is 0. The molecule has 0 amide bonds. The number of pyridine rings is 1. The number of aromatic nitrogens is 1. The predicted molar refractivity (Wildman–Crippen MR) is 64.8 cm³/mol. The van der Waals surface area contributed by atoms with Crippen molar-refractivity contribution in [2.75, 3.05) is 6.54 Å². The Morgan fingerprint density at radius 3 is 2.33 bits per heavy atom. The third kappa shape index (κ3) is 2.78. The summed E-state index contributed by atoms with van der Waals surface area (Å²) in [6.07, 6.45) is 8.45. The standard InChI is InChI=1S/C13H22N2/c1-3-7-13(11-14,8-4-2)12-6-5-9-15-10-12/h5-6,9-10H,3-4,7-8,11,14H2,1-2H3. The van der Waals surface area contributed by atoms with Crippen molar-refractivity contribution in [1.29, 1.82) is 0 Å². The van der Waals surface area contributed by atoms with Gasteiger partial charge >= 0.3 is 0 Å². The molecule has 0 spiro atoms. The zero-order valence-corrected chi connectivity index (χ0v) is 9.87. The van der Waals surface area contributed by atoms with Crippen molar-refractivity contribution in [3.8, 4) is 0 Å². The maximum absolute atomic E-state index is 5.98. The third-order valence-corrected chi connectivity index (χ3v) is 3.12. The smallest absolute Gasteiger partial charge is 0.0306 e. The van der Waals surface area contributed by atoms with Crippen LogP contribution in [0.1, 0.15) is 45.1 Å². The summed E-state index contributed by atoms with van der Waals surface area (Å²) in [4.78, 5) is 4.21. The molecular weight excluding hydrogens is 184 g/mol. The Morgan fingerprint density at radius 1 is 1.27 bits per heavy atom. The van der Waals surface area contributed by atoms with E-state index in [4.69, 9.17) is 5.73 Å². The molecule has 0 saturated heterocycles. The number of rotatable bonds is 6. The van der Waals surface area contributed by atoms with Crippen molar-refractivity contribution in [1.82, 2.24) is 4.98 Å². The minimum atomic E-state index is 0.151. The van der Waals surface area contributed by atoms with Crippen LogP contribution in [0.3, 0.4) is 0 Å². The molecule has 2 nitrogen and oxygen atoms in total. The van der Waals surface area contributed by atoms with Gasteiger partial charge in [-0.25, -0.2) is 0 Å². The summed E-state index contributed by atoms with van der Waals surface area (Å²) in [6, 6.07) is 4.16. The van der Waals surface area contributed by atoms with Gasteiger partial charge in [0.2, 0.25) is 0 Å². The highest BCUT2D eigenvalue weighted by molar-refractivity contribution is 5.22. The van der Waals surface area contributed by atoms with Gasteiger partial charge in [0.1, 0.15) is 0 Å². The molecule has 0 aliphatic heterocycles. The molecule has 1 aromatic heterocycles. The lowest BCUT2D eigenvalue weighted by atomic mass is 9.74. The van der Waals surface area contributed by atoms with Gasteiger partial charge in [-0.3, -0.25) is 4.98 Å². The van der Waals surface area contributed by atoms with Gasteiger partial charge in [-0.2, -0.15) is 0 Å². The molecule has 1 heterocycles. The van der Waals surface area contributed by atoms with Crippen molar-refractivity contribution >= 4 is 0 Å². The molecule has 0 fully saturated rings. The molecular formula is C13H22N2. The van der Waals surface area contributed by atoms with Crippen molar-refractivity contribution in [3.05, 3.63) is 30.1 Å². The summed E-state index contributed by atoms with van der Waals surface area (Å²) in [5.41, 5.74) is 7.44. The quantitative estimate of drug-likeness (QED) is 0.777. The molecule has 0 bridgehead atoms. The number of hydrogen-bond acceptors (Lipinski definition) is 2. The Morgan fingerprint density at radius 2 is 1.93 bits per heavy atom. The molecule has 1 rings (SSSR count). The highest BCUT2D eigenvalue weighted by atomic mass is 14.6. The Balaban J connectivity index is 2.97. The first-order valence-corrected chi connectivity index (χ1v) is 5.89. The number of hydrogen-bond donors (Lipinski definition) is 1. The predicted octanol–water partition coefficient (Wildman–Crippen LogP) is 2.88. The molecule has 2 N–H and O–H groups in total. The Bertz CT molecular complexity index is 263. The van der Waals surface area contributed by atoms with Crippen LogP contribution in [-0.2, 0) is 5.41 Å². The molecule has 0 aliphatic rings. The second-order valence-electron chi connectivity index (χ2n) is 4.23. The SMILES string of the molecule is CCCC(CN)(CCC)c1cccnc1. The first kappa shape index (κ1) is 12.2. The maximum atomic E-state index is 5.98. The van der Waals surface area contributed by atoms with E-state index in [0.29, 0.717) is 0 Å². The van der Waals surface area contributed by atoms with Crippen LogP contribution in [0.2, 0.25) is 0 Å². The Kier molecular flexibility index (Phi) is 4.76. The van der Waals surface area contributed by atoms with Crippen LogP contribution in [-0.4, -0.2) is 11.5 Å².